The fraction of sp³-hybridized carbons (Fsp3) is 0.565. The molecule has 1 heterocycles. The molecule has 3 unspecified atom stereocenters. The molecular formula is C23H29ClF3N3O. The molecule has 4 nitrogen and oxygen atoms in total. The lowest BCUT2D eigenvalue weighted by Crippen LogP contribution is -2.35. The Balaban J connectivity index is 1.81. The van der Waals surface area contributed by atoms with Crippen molar-refractivity contribution in [2.24, 2.45) is 0 Å². The van der Waals surface area contributed by atoms with Gasteiger partial charge in [0.2, 0.25) is 5.91 Å². The smallest absolute Gasteiger partial charge is 0.347 e. The monoisotopic (exact) mass is 455 g/mol. The predicted molar refractivity (Wildman–Crippen MR) is 115 cm³/mol. The molecule has 31 heavy (non-hydrogen) atoms. The molecule has 170 valence electrons. The highest BCUT2D eigenvalue weighted by molar-refractivity contribution is 6.32. The van der Waals surface area contributed by atoms with Crippen LogP contribution >= 0.6 is 11.6 Å². The molecule has 1 aromatic carbocycles. The number of halogens is 4. The van der Waals surface area contributed by atoms with Crippen LogP contribution in [-0.4, -0.2) is 15.7 Å². The zero-order valence-electron chi connectivity index (χ0n) is 18.3. The minimum atomic E-state index is -4.66. The molecule has 0 bridgehead atoms. The minimum absolute atomic E-state index is 0.0820. The number of amides is 1. The molecular weight excluding hydrogens is 427 g/mol. The number of nitrogens with zero attached hydrogens (tertiary/aromatic N) is 2. The van der Waals surface area contributed by atoms with Crippen LogP contribution in [0.25, 0.3) is 0 Å². The molecule has 0 radical (unpaired) electrons. The number of carbonyl (C=O) groups is 1. The summed E-state index contributed by atoms with van der Waals surface area (Å²) in [6.07, 6.45) is -1.47. The van der Waals surface area contributed by atoms with Crippen molar-refractivity contribution in [1.82, 2.24) is 15.1 Å². The number of alkyl halides is 3. The lowest BCUT2D eigenvalue weighted by molar-refractivity contribution is -0.141. The third-order valence-corrected chi connectivity index (χ3v) is 6.48. The Morgan fingerprint density at radius 2 is 1.74 bits per heavy atom. The van der Waals surface area contributed by atoms with Gasteiger partial charge >= 0.3 is 6.18 Å². The lowest BCUT2D eigenvalue weighted by Gasteiger charge is -2.22. The van der Waals surface area contributed by atoms with Gasteiger partial charge in [-0.3, -0.25) is 9.48 Å². The first-order valence-corrected chi connectivity index (χ1v) is 11.2. The molecule has 1 aliphatic rings. The van der Waals surface area contributed by atoms with Gasteiger partial charge in [0.25, 0.3) is 0 Å². The second kappa shape index (κ2) is 9.23. The normalized spacial score (nSPS) is 17.3. The third-order valence-electron chi connectivity index (χ3n) is 6.11. The topological polar surface area (TPSA) is 46.9 Å². The highest BCUT2D eigenvalue weighted by Crippen LogP contribution is 2.47. The van der Waals surface area contributed by atoms with E-state index in [1.807, 2.05) is 19.1 Å². The number of hydrogen-bond acceptors (Lipinski definition) is 2. The largest absolute Gasteiger partial charge is 0.436 e. The van der Waals surface area contributed by atoms with Crippen molar-refractivity contribution in [2.45, 2.75) is 83.5 Å². The first-order chi connectivity index (χ1) is 14.6. The van der Waals surface area contributed by atoms with Gasteiger partial charge in [-0.1, -0.05) is 56.6 Å². The molecule has 0 spiro atoms. The molecule has 1 N–H and O–H groups in total. The second-order valence-electron chi connectivity index (χ2n) is 8.39. The fourth-order valence-electron chi connectivity index (χ4n) is 3.74. The summed E-state index contributed by atoms with van der Waals surface area (Å²) in [6.45, 7) is 7.82. The van der Waals surface area contributed by atoms with Crippen molar-refractivity contribution in [3.05, 3.63) is 51.8 Å². The Bertz CT molecular complexity index is 919. The van der Waals surface area contributed by atoms with E-state index in [1.54, 1.807) is 6.92 Å². The molecule has 1 saturated carbocycles. The minimum Gasteiger partial charge on any atom is -0.347 e. The average Bonchev–Trinajstić information content (AvgIpc) is 3.51. The quantitative estimate of drug-likeness (QED) is 0.477. The summed E-state index contributed by atoms with van der Waals surface area (Å²) in [5.41, 5.74) is 1.39. The number of benzene rings is 1. The van der Waals surface area contributed by atoms with Gasteiger partial charge in [0.15, 0.2) is 5.69 Å². The van der Waals surface area contributed by atoms with Crippen LogP contribution in [0.2, 0.25) is 5.02 Å². The SMILES string of the molecule is CCC(C)c1ccc(C(CC)NC(=O)C(C)n2nc(C(F)(F)F)c(Cl)c2C2CC2)cc1. The van der Waals surface area contributed by atoms with E-state index in [-0.39, 0.29) is 22.9 Å². The van der Waals surface area contributed by atoms with E-state index in [4.69, 9.17) is 11.6 Å². The molecule has 3 rings (SSSR count). The van der Waals surface area contributed by atoms with Gasteiger partial charge in [0.1, 0.15) is 6.04 Å². The highest BCUT2D eigenvalue weighted by atomic mass is 35.5. The predicted octanol–water partition coefficient (Wildman–Crippen LogP) is 6.77. The summed E-state index contributed by atoms with van der Waals surface area (Å²) in [7, 11) is 0. The number of nitrogens with one attached hydrogen (secondary N) is 1. The Morgan fingerprint density at radius 3 is 2.23 bits per heavy atom. The van der Waals surface area contributed by atoms with Crippen molar-refractivity contribution < 1.29 is 18.0 Å². The van der Waals surface area contributed by atoms with Gasteiger partial charge in [-0.15, -0.1) is 0 Å². The Morgan fingerprint density at radius 1 is 1.16 bits per heavy atom. The van der Waals surface area contributed by atoms with Crippen LogP contribution < -0.4 is 5.32 Å². The first-order valence-electron chi connectivity index (χ1n) is 10.8. The number of aromatic nitrogens is 2. The Hall–Kier alpha value is -2.02. The summed E-state index contributed by atoms with van der Waals surface area (Å²) in [6, 6.07) is 6.99. The summed E-state index contributed by atoms with van der Waals surface area (Å²) < 4.78 is 41.2. The van der Waals surface area contributed by atoms with Crippen LogP contribution in [0.5, 0.6) is 0 Å². The van der Waals surface area contributed by atoms with Gasteiger partial charge in [0.05, 0.1) is 16.8 Å². The first kappa shape index (κ1) is 23.6. The van der Waals surface area contributed by atoms with Gasteiger partial charge < -0.3 is 5.32 Å². The van der Waals surface area contributed by atoms with Crippen LogP contribution in [-0.2, 0) is 11.0 Å². The Kier molecular flexibility index (Phi) is 7.04. The third kappa shape index (κ3) is 5.08. The summed E-state index contributed by atoms with van der Waals surface area (Å²) in [4.78, 5) is 13.0. The van der Waals surface area contributed by atoms with Crippen molar-refractivity contribution in [3.63, 3.8) is 0 Å². The van der Waals surface area contributed by atoms with E-state index in [1.165, 1.54) is 5.56 Å². The molecule has 8 heteroatoms. The molecule has 1 fully saturated rings. The van der Waals surface area contributed by atoms with E-state index < -0.39 is 17.9 Å². The van der Waals surface area contributed by atoms with Crippen LogP contribution in [0.3, 0.4) is 0 Å². The maximum Gasteiger partial charge on any atom is 0.436 e. The molecule has 1 aliphatic carbocycles. The van der Waals surface area contributed by atoms with E-state index >= 15 is 0 Å². The zero-order valence-corrected chi connectivity index (χ0v) is 19.0. The molecule has 0 saturated heterocycles. The maximum absolute atomic E-state index is 13.3. The lowest BCUT2D eigenvalue weighted by atomic mass is 9.95. The van der Waals surface area contributed by atoms with Crippen molar-refractivity contribution in [1.29, 1.82) is 0 Å². The zero-order chi connectivity index (χ0) is 22.9. The average molecular weight is 456 g/mol. The summed E-state index contributed by atoms with van der Waals surface area (Å²) in [5, 5.41) is 6.30. The van der Waals surface area contributed by atoms with Gasteiger partial charge in [0, 0.05) is 5.92 Å². The van der Waals surface area contributed by atoms with Crippen LogP contribution in [0.4, 0.5) is 13.2 Å². The number of hydrogen-bond donors (Lipinski definition) is 1. The molecule has 3 atom stereocenters. The number of rotatable bonds is 8. The van der Waals surface area contributed by atoms with E-state index in [9.17, 15) is 18.0 Å². The van der Waals surface area contributed by atoms with Crippen LogP contribution in [0, 0.1) is 0 Å². The molecule has 1 aromatic heterocycles. The molecule has 1 amide bonds. The summed E-state index contributed by atoms with van der Waals surface area (Å²) in [5.74, 6) is -0.00829. The Labute approximate surface area is 186 Å². The highest BCUT2D eigenvalue weighted by Gasteiger charge is 2.43. The summed E-state index contributed by atoms with van der Waals surface area (Å²) >= 11 is 6.04. The van der Waals surface area contributed by atoms with Gasteiger partial charge in [-0.25, -0.2) is 0 Å². The van der Waals surface area contributed by atoms with Crippen LogP contribution in [0.15, 0.2) is 24.3 Å². The number of carbonyl (C=O) groups excluding carboxylic acids is 1. The van der Waals surface area contributed by atoms with Crippen molar-refractivity contribution in [2.75, 3.05) is 0 Å². The van der Waals surface area contributed by atoms with Crippen LogP contribution in [0.1, 0.15) is 99.8 Å². The standard InChI is InChI=1S/C23H29ClF3N3O/c1-5-13(3)15-7-9-16(10-8-15)18(6-2)28-22(31)14(4)30-20(17-11-12-17)19(24)21(29-30)23(25,26)27/h7-10,13-14,17-18H,5-6,11-12H2,1-4H3,(H,28,31). The van der Waals surface area contributed by atoms with E-state index in [2.05, 4.69) is 36.4 Å². The molecule has 0 aliphatic heterocycles. The van der Waals surface area contributed by atoms with Crippen molar-refractivity contribution >= 4 is 17.5 Å². The van der Waals surface area contributed by atoms with E-state index in [0.29, 0.717) is 18.0 Å². The second-order valence-corrected chi connectivity index (χ2v) is 8.76. The fourth-order valence-corrected chi connectivity index (χ4v) is 4.13. The van der Waals surface area contributed by atoms with E-state index in [0.717, 1.165) is 29.5 Å². The van der Waals surface area contributed by atoms with Gasteiger partial charge in [-0.2, -0.15) is 18.3 Å². The maximum atomic E-state index is 13.3. The van der Waals surface area contributed by atoms with Gasteiger partial charge in [-0.05, 0) is 49.7 Å². The van der Waals surface area contributed by atoms with Crippen molar-refractivity contribution in [3.8, 4) is 0 Å². The molecule has 2 aromatic rings.